The van der Waals surface area contributed by atoms with Crippen molar-refractivity contribution in [3.05, 3.63) is 11.1 Å². The largest absolute Gasteiger partial charge is 0.469 e. The van der Waals surface area contributed by atoms with Crippen molar-refractivity contribution in [3.8, 4) is 0 Å². The molecule has 6 heteroatoms. The lowest BCUT2D eigenvalue weighted by atomic mass is 9.86. The quantitative estimate of drug-likeness (QED) is 0.635. The second-order valence-electron chi connectivity index (χ2n) is 7.69. The molecule has 0 bridgehead atoms. The van der Waals surface area contributed by atoms with E-state index < -0.39 is 17.7 Å². The zero-order valence-electron chi connectivity index (χ0n) is 17.0. The molecule has 6 nitrogen and oxygen atoms in total. The van der Waals surface area contributed by atoms with Crippen LogP contribution in [0.2, 0.25) is 0 Å². The van der Waals surface area contributed by atoms with Crippen LogP contribution in [0, 0.1) is 0 Å². The molecule has 26 heavy (non-hydrogen) atoms. The number of Topliss-reactive ketones (excluding diaryl/α,β-unsaturated/α-hetero) is 1. The molecule has 1 atom stereocenters. The smallest absolute Gasteiger partial charge is 0.411 e. The number of methoxy groups -OCH3 is 1. The molecule has 0 aromatic heterocycles. The molecule has 0 N–H and O–H groups in total. The van der Waals surface area contributed by atoms with Crippen LogP contribution in [-0.2, 0) is 19.1 Å². The van der Waals surface area contributed by atoms with Gasteiger partial charge >= 0.3 is 12.1 Å². The van der Waals surface area contributed by atoms with Crippen molar-refractivity contribution in [1.82, 2.24) is 4.90 Å². The topological polar surface area (TPSA) is 72.9 Å². The zero-order chi connectivity index (χ0) is 19.9. The monoisotopic (exact) mass is 367 g/mol. The fourth-order valence-corrected chi connectivity index (χ4v) is 3.17. The Hall–Kier alpha value is -1.85. The van der Waals surface area contributed by atoms with Crippen LogP contribution in [0.5, 0.6) is 0 Å². The molecular weight excluding hydrogens is 334 g/mol. The Balaban J connectivity index is 3.17. The molecule has 1 amide bonds. The van der Waals surface area contributed by atoms with Gasteiger partial charge in [0.25, 0.3) is 0 Å². The van der Waals surface area contributed by atoms with Gasteiger partial charge in [0, 0.05) is 13.0 Å². The standard InChI is InChI=1S/C20H33NO5/c1-7-9-14-13-21(19(24)26-20(3,4)5)16(11-12-17(22)25-6)18(23)15(14)10-8-2/h16H,7-13H2,1-6H3/t16-/m0/s1. The van der Waals surface area contributed by atoms with Gasteiger partial charge in [0.2, 0.25) is 0 Å². The molecule has 0 saturated carbocycles. The molecule has 1 aliphatic rings. The molecule has 0 aromatic rings. The van der Waals surface area contributed by atoms with Crippen LogP contribution in [0.3, 0.4) is 0 Å². The van der Waals surface area contributed by atoms with E-state index in [0.29, 0.717) is 13.0 Å². The van der Waals surface area contributed by atoms with Crippen molar-refractivity contribution < 1.29 is 23.9 Å². The molecule has 0 saturated heterocycles. The van der Waals surface area contributed by atoms with Crippen LogP contribution in [0.15, 0.2) is 11.1 Å². The van der Waals surface area contributed by atoms with Gasteiger partial charge in [0.05, 0.1) is 13.2 Å². The lowest BCUT2D eigenvalue weighted by Crippen LogP contribution is -2.51. The first kappa shape index (κ1) is 22.2. The Morgan fingerprint density at radius 2 is 1.77 bits per heavy atom. The minimum atomic E-state index is -0.675. The van der Waals surface area contributed by atoms with E-state index in [0.717, 1.165) is 30.4 Å². The van der Waals surface area contributed by atoms with Gasteiger partial charge < -0.3 is 9.47 Å². The van der Waals surface area contributed by atoms with Gasteiger partial charge in [-0.05, 0) is 51.2 Å². The third kappa shape index (κ3) is 6.15. The van der Waals surface area contributed by atoms with Crippen LogP contribution in [0.1, 0.15) is 73.1 Å². The summed E-state index contributed by atoms with van der Waals surface area (Å²) >= 11 is 0. The Morgan fingerprint density at radius 3 is 2.27 bits per heavy atom. The van der Waals surface area contributed by atoms with Crippen LogP contribution in [0.25, 0.3) is 0 Å². The molecule has 148 valence electrons. The maximum absolute atomic E-state index is 13.1. The Bertz CT molecular complexity index is 559. The number of amides is 1. The number of hydrogen-bond acceptors (Lipinski definition) is 5. The van der Waals surface area contributed by atoms with Crippen molar-refractivity contribution >= 4 is 17.8 Å². The van der Waals surface area contributed by atoms with Gasteiger partial charge in [-0.3, -0.25) is 14.5 Å². The fourth-order valence-electron chi connectivity index (χ4n) is 3.17. The second kappa shape index (κ2) is 9.74. The number of nitrogens with zero attached hydrogens (tertiary/aromatic N) is 1. The molecule has 1 rings (SSSR count). The van der Waals surface area contributed by atoms with E-state index in [4.69, 9.17) is 4.74 Å². The van der Waals surface area contributed by atoms with Crippen LogP contribution in [0.4, 0.5) is 4.79 Å². The van der Waals surface area contributed by atoms with Gasteiger partial charge in [-0.2, -0.15) is 0 Å². The average molecular weight is 367 g/mol. The number of carbonyl (C=O) groups excluding carboxylic acids is 3. The molecule has 0 spiro atoms. The number of rotatable bonds is 7. The third-order valence-electron chi connectivity index (χ3n) is 4.29. The summed E-state index contributed by atoms with van der Waals surface area (Å²) in [7, 11) is 1.32. The zero-order valence-corrected chi connectivity index (χ0v) is 17.0. The summed E-state index contributed by atoms with van der Waals surface area (Å²) in [5.41, 5.74) is 1.19. The van der Waals surface area contributed by atoms with Crippen LogP contribution >= 0.6 is 0 Å². The molecule has 0 aliphatic carbocycles. The van der Waals surface area contributed by atoms with E-state index in [9.17, 15) is 14.4 Å². The SMILES string of the molecule is CCCC1=C(CCC)C(=O)[C@H](CCC(=O)OC)N(C(=O)OC(C)(C)C)C1. The highest BCUT2D eigenvalue weighted by Gasteiger charge is 2.39. The van der Waals surface area contributed by atoms with Gasteiger partial charge in [0.15, 0.2) is 5.78 Å². The number of esters is 1. The van der Waals surface area contributed by atoms with E-state index in [1.165, 1.54) is 12.0 Å². The Labute approximate surface area is 156 Å². The molecule has 0 radical (unpaired) electrons. The lowest BCUT2D eigenvalue weighted by molar-refractivity contribution is -0.141. The van der Waals surface area contributed by atoms with Gasteiger partial charge in [0.1, 0.15) is 5.60 Å². The molecule has 0 fully saturated rings. The van der Waals surface area contributed by atoms with Gasteiger partial charge in [-0.25, -0.2) is 4.79 Å². The second-order valence-corrected chi connectivity index (χ2v) is 7.69. The summed E-state index contributed by atoms with van der Waals surface area (Å²) in [5, 5.41) is 0. The van der Waals surface area contributed by atoms with Gasteiger partial charge in [-0.1, -0.05) is 26.7 Å². The minimum Gasteiger partial charge on any atom is -0.469 e. The number of ketones is 1. The van der Waals surface area contributed by atoms with Crippen LogP contribution in [-0.4, -0.2) is 48.0 Å². The lowest BCUT2D eigenvalue weighted by Gasteiger charge is -2.38. The summed E-state index contributed by atoms with van der Waals surface area (Å²) < 4.78 is 10.2. The molecule has 0 unspecified atom stereocenters. The summed E-state index contributed by atoms with van der Waals surface area (Å²) in [6.45, 7) is 9.87. The number of carbonyl (C=O) groups is 3. The summed E-state index contributed by atoms with van der Waals surface area (Å²) in [5.74, 6) is -0.446. The highest BCUT2D eigenvalue weighted by Crippen LogP contribution is 2.30. The molecule has 1 heterocycles. The van der Waals surface area contributed by atoms with Crippen molar-refractivity contribution in [3.63, 3.8) is 0 Å². The molecular formula is C20H33NO5. The van der Waals surface area contributed by atoms with E-state index >= 15 is 0 Å². The molecule has 1 aliphatic heterocycles. The van der Waals surface area contributed by atoms with Crippen molar-refractivity contribution in [2.45, 2.75) is 84.8 Å². The predicted octanol–water partition coefficient (Wildman–Crippen LogP) is 4.02. The Kier molecular flexibility index (Phi) is 8.31. The number of ether oxygens (including phenoxy) is 2. The van der Waals surface area contributed by atoms with Gasteiger partial charge in [-0.15, -0.1) is 0 Å². The normalized spacial score (nSPS) is 18.2. The maximum Gasteiger partial charge on any atom is 0.411 e. The number of hydrogen-bond donors (Lipinski definition) is 0. The average Bonchev–Trinajstić information content (AvgIpc) is 2.55. The summed E-state index contributed by atoms with van der Waals surface area (Å²) in [4.78, 5) is 38.9. The van der Waals surface area contributed by atoms with Crippen molar-refractivity contribution in [2.75, 3.05) is 13.7 Å². The van der Waals surface area contributed by atoms with E-state index in [-0.39, 0.29) is 24.6 Å². The minimum absolute atomic E-state index is 0.0590. The third-order valence-corrected chi connectivity index (χ3v) is 4.29. The highest BCUT2D eigenvalue weighted by atomic mass is 16.6. The first-order valence-electron chi connectivity index (χ1n) is 9.46. The van der Waals surface area contributed by atoms with Crippen molar-refractivity contribution in [1.29, 1.82) is 0 Å². The van der Waals surface area contributed by atoms with Crippen LogP contribution < -0.4 is 0 Å². The van der Waals surface area contributed by atoms with E-state index in [1.807, 2.05) is 6.92 Å². The fraction of sp³-hybridized carbons (Fsp3) is 0.750. The Morgan fingerprint density at radius 1 is 1.15 bits per heavy atom. The van der Waals surface area contributed by atoms with E-state index in [1.54, 1.807) is 20.8 Å². The first-order chi connectivity index (χ1) is 12.1. The summed E-state index contributed by atoms with van der Waals surface area (Å²) in [6.07, 6.45) is 3.08. The predicted molar refractivity (Wildman–Crippen MR) is 99.8 cm³/mol. The van der Waals surface area contributed by atoms with E-state index in [2.05, 4.69) is 11.7 Å². The maximum atomic E-state index is 13.1. The first-order valence-corrected chi connectivity index (χ1v) is 9.46. The summed E-state index contributed by atoms with van der Waals surface area (Å²) in [6, 6.07) is -0.675. The van der Waals surface area contributed by atoms with Crippen molar-refractivity contribution in [2.24, 2.45) is 0 Å². The molecule has 0 aromatic carbocycles. The highest BCUT2D eigenvalue weighted by molar-refractivity contribution is 6.03.